The van der Waals surface area contributed by atoms with E-state index in [4.69, 9.17) is 4.74 Å². The highest BCUT2D eigenvalue weighted by molar-refractivity contribution is 5.72. The Morgan fingerprint density at radius 1 is 1.10 bits per heavy atom. The third-order valence-corrected chi connectivity index (χ3v) is 2.88. The maximum atomic E-state index is 11.2. The molecule has 0 saturated carbocycles. The number of aromatic nitrogens is 2. The summed E-state index contributed by atoms with van der Waals surface area (Å²) in [7, 11) is 0. The lowest BCUT2D eigenvalue weighted by molar-refractivity contribution is -0.134. The predicted molar refractivity (Wildman–Crippen MR) is 77.4 cm³/mol. The van der Waals surface area contributed by atoms with Gasteiger partial charge in [0.25, 0.3) is 0 Å². The lowest BCUT2D eigenvalue weighted by atomic mass is 10.1. The smallest absolute Gasteiger partial charge is 0.310 e. The Labute approximate surface area is 118 Å². The number of rotatable bonds is 5. The van der Waals surface area contributed by atoms with Crippen LogP contribution in [0, 0.1) is 0 Å². The number of nitrogens with zero attached hydrogens (tertiary/aromatic N) is 2. The second kappa shape index (κ2) is 6.80. The Kier molecular flexibility index (Phi) is 4.82. The van der Waals surface area contributed by atoms with Gasteiger partial charge in [0.05, 0.1) is 17.6 Å². The number of hydrogen-bond acceptors (Lipinski definition) is 4. The van der Waals surface area contributed by atoms with Crippen LogP contribution in [-0.2, 0) is 11.2 Å². The highest BCUT2D eigenvalue weighted by Gasteiger charge is 2.04. The van der Waals surface area contributed by atoms with Crippen LogP contribution in [0.1, 0.15) is 32.4 Å². The molecule has 0 aliphatic heterocycles. The fraction of sp³-hybridized carbons (Fsp3) is 0.312. The number of carbonyl (C=O) groups excluding carboxylic acids is 1. The number of benzene rings is 1. The number of ether oxygens (including phenoxy) is 1. The van der Waals surface area contributed by atoms with Crippen LogP contribution in [0.5, 0.6) is 5.75 Å². The Hall–Kier alpha value is -2.23. The molecule has 104 valence electrons. The summed E-state index contributed by atoms with van der Waals surface area (Å²) >= 11 is 0. The second-order valence-corrected chi connectivity index (χ2v) is 4.49. The minimum absolute atomic E-state index is 0.235. The third kappa shape index (κ3) is 3.63. The minimum atomic E-state index is -0.235. The first-order valence-corrected chi connectivity index (χ1v) is 6.85. The van der Waals surface area contributed by atoms with E-state index >= 15 is 0 Å². The van der Waals surface area contributed by atoms with Gasteiger partial charge >= 0.3 is 5.97 Å². The van der Waals surface area contributed by atoms with Crippen molar-refractivity contribution in [1.82, 2.24) is 9.97 Å². The van der Waals surface area contributed by atoms with Crippen LogP contribution in [0.2, 0.25) is 0 Å². The quantitative estimate of drug-likeness (QED) is 0.617. The van der Waals surface area contributed by atoms with Gasteiger partial charge in [0.1, 0.15) is 5.75 Å². The van der Waals surface area contributed by atoms with Crippen molar-refractivity contribution in [3.63, 3.8) is 0 Å². The molecule has 0 aliphatic rings. The molecule has 0 N–H and O–H groups in total. The Morgan fingerprint density at radius 3 is 2.40 bits per heavy atom. The first-order valence-electron chi connectivity index (χ1n) is 6.85. The molecule has 0 spiro atoms. The lowest BCUT2D eigenvalue weighted by Gasteiger charge is -2.05. The molecule has 4 nitrogen and oxygen atoms in total. The molecule has 0 unspecified atom stereocenters. The standard InChI is InChI=1S/C16H18N2O2/c1-3-5-13-10-18-15(11-17-13)12-6-8-14(9-7-12)20-16(19)4-2/h6-11H,3-5H2,1-2H3. The monoisotopic (exact) mass is 270 g/mol. The molecule has 1 aromatic heterocycles. The molecule has 2 rings (SSSR count). The van der Waals surface area contributed by atoms with Gasteiger partial charge in [-0.25, -0.2) is 0 Å². The van der Waals surface area contributed by atoms with Crippen LogP contribution in [-0.4, -0.2) is 15.9 Å². The zero-order valence-corrected chi connectivity index (χ0v) is 11.8. The number of hydrogen-bond donors (Lipinski definition) is 0. The summed E-state index contributed by atoms with van der Waals surface area (Å²) in [6, 6.07) is 7.29. The maximum Gasteiger partial charge on any atom is 0.310 e. The van der Waals surface area contributed by atoms with Crippen molar-refractivity contribution in [2.75, 3.05) is 0 Å². The summed E-state index contributed by atoms with van der Waals surface area (Å²) < 4.78 is 5.13. The van der Waals surface area contributed by atoms with Crippen molar-refractivity contribution in [2.45, 2.75) is 33.1 Å². The molecular formula is C16H18N2O2. The van der Waals surface area contributed by atoms with Gasteiger partial charge in [0.15, 0.2) is 0 Å². The summed E-state index contributed by atoms with van der Waals surface area (Å²) in [5, 5.41) is 0. The first-order chi connectivity index (χ1) is 9.72. The molecule has 0 aliphatic carbocycles. The van der Waals surface area contributed by atoms with E-state index in [-0.39, 0.29) is 5.97 Å². The molecule has 0 radical (unpaired) electrons. The summed E-state index contributed by atoms with van der Waals surface area (Å²) in [5.41, 5.74) is 2.78. The fourth-order valence-corrected chi connectivity index (χ4v) is 1.79. The number of carbonyl (C=O) groups is 1. The molecule has 4 heteroatoms. The minimum Gasteiger partial charge on any atom is -0.427 e. The summed E-state index contributed by atoms with van der Waals surface area (Å²) in [6.07, 6.45) is 5.96. The van der Waals surface area contributed by atoms with Crippen LogP contribution in [0.15, 0.2) is 36.7 Å². The van der Waals surface area contributed by atoms with Crippen molar-refractivity contribution in [1.29, 1.82) is 0 Å². The average molecular weight is 270 g/mol. The molecule has 0 bridgehead atoms. The average Bonchev–Trinajstić information content (AvgIpc) is 2.49. The summed E-state index contributed by atoms with van der Waals surface area (Å²) in [5.74, 6) is 0.317. The summed E-state index contributed by atoms with van der Waals surface area (Å²) in [4.78, 5) is 20.0. The number of esters is 1. The molecule has 1 aromatic carbocycles. The lowest BCUT2D eigenvalue weighted by Crippen LogP contribution is -2.05. The van der Waals surface area contributed by atoms with Gasteiger partial charge in [-0.15, -0.1) is 0 Å². The molecule has 1 heterocycles. The van der Waals surface area contributed by atoms with Gasteiger partial charge in [-0.05, 0) is 30.7 Å². The fourth-order valence-electron chi connectivity index (χ4n) is 1.79. The normalized spacial score (nSPS) is 10.3. The van der Waals surface area contributed by atoms with Crippen LogP contribution in [0.3, 0.4) is 0 Å². The number of aryl methyl sites for hydroxylation is 1. The molecule has 2 aromatic rings. The van der Waals surface area contributed by atoms with Gasteiger partial charge in [0, 0.05) is 18.2 Å². The Bertz CT molecular complexity index is 562. The highest BCUT2D eigenvalue weighted by Crippen LogP contribution is 2.20. The van der Waals surface area contributed by atoms with E-state index in [2.05, 4.69) is 16.9 Å². The zero-order chi connectivity index (χ0) is 14.4. The van der Waals surface area contributed by atoms with Gasteiger partial charge in [-0.1, -0.05) is 20.3 Å². The van der Waals surface area contributed by atoms with Gasteiger partial charge in [-0.2, -0.15) is 0 Å². The van der Waals surface area contributed by atoms with E-state index < -0.39 is 0 Å². The van der Waals surface area contributed by atoms with Crippen molar-refractivity contribution >= 4 is 5.97 Å². The van der Waals surface area contributed by atoms with E-state index in [1.54, 1.807) is 25.3 Å². The molecule has 0 atom stereocenters. The van der Waals surface area contributed by atoms with Crippen LogP contribution in [0.4, 0.5) is 0 Å². The first kappa shape index (κ1) is 14.2. The molecule has 0 amide bonds. The van der Waals surface area contributed by atoms with E-state index in [0.29, 0.717) is 12.2 Å². The largest absolute Gasteiger partial charge is 0.427 e. The zero-order valence-electron chi connectivity index (χ0n) is 11.8. The van der Waals surface area contributed by atoms with Crippen LogP contribution >= 0.6 is 0 Å². The van der Waals surface area contributed by atoms with Gasteiger partial charge in [0.2, 0.25) is 0 Å². The topological polar surface area (TPSA) is 52.1 Å². The van der Waals surface area contributed by atoms with Crippen molar-refractivity contribution in [3.05, 3.63) is 42.4 Å². The predicted octanol–water partition coefficient (Wildman–Crippen LogP) is 3.41. The maximum absolute atomic E-state index is 11.2. The van der Waals surface area contributed by atoms with Gasteiger partial charge < -0.3 is 4.74 Å². The van der Waals surface area contributed by atoms with Crippen LogP contribution < -0.4 is 4.74 Å². The Morgan fingerprint density at radius 2 is 1.85 bits per heavy atom. The van der Waals surface area contributed by atoms with E-state index in [1.165, 1.54) is 0 Å². The van der Waals surface area contributed by atoms with Crippen molar-refractivity contribution in [2.24, 2.45) is 0 Å². The van der Waals surface area contributed by atoms with Gasteiger partial charge in [-0.3, -0.25) is 14.8 Å². The van der Waals surface area contributed by atoms with Crippen molar-refractivity contribution < 1.29 is 9.53 Å². The molecular weight excluding hydrogens is 252 g/mol. The molecule has 0 saturated heterocycles. The second-order valence-electron chi connectivity index (χ2n) is 4.49. The van der Waals surface area contributed by atoms with E-state index in [1.807, 2.05) is 18.3 Å². The molecule has 0 fully saturated rings. The van der Waals surface area contributed by atoms with Crippen molar-refractivity contribution in [3.8, 4) is 17.0 Å². The van der Waals surface area contributed by atoms with E-state index in [0.717, 1.165) is 29.8 Å². The molecule has 20 heavy (non-hydrogen) atoms. The Balaban J connectivity index is 2.11. The third-order valence-electron chi connectivity index (χ3n) is 2.88. The summed E-state index contributed by atoms with van der Waals surface area (Å²) in [6.45, 7) is 3.88. The SMILES string of the molecule is CCCc1cnc(-c2ccc(OC(=O)CC)cc2)cn1. The van der Waals surface area contributed by atoms with Crippen LogP contribution in [0.25, 0.3) is 11.3 Å². The highest BCUT2D eigenvalue weighted by atomic mass is 16.5. The van der Waals surface area contributed by atoms with E-state index in [9.17, 15) is 4.79 Å².